The lowest BCUT2D eigenvalue weighted by Gasteiger charge is -2.14. The maximum absolute atomic E-state index is 4.28. The lowest BCUT2D eigenvalue weighted by Crippen LogP contribution is -2.26. The lowest BCUT2D eigenvalue weighted by atomic mass is 10.0. The van der Waals surface area contributed by atoms with Crippen LogP contribution in [0.3, 0.4) is 0 Å². The van der Waals surface area contributed by atoms with Crippen LogP contribution in [0.25, 0.3) is 6.08 Å². The summed E-state index contributed by atoms with van der Waals surface area (Å²) in [6.07, 6.45) is 2.19. The van der Waals surface area contributed by atoms with Gasteiger partial charge in [-0.05, 0) is 12.0 Å². The van der Waals surface area contributed by atoms with E-state index in [0.717, 1.165) is 12.2 Å². The average molecular weight is 224 g/mol. The number of aromatic nitrogens is 1. The Hall–Kier alpha value is -0.670. The molecule has 1 N–H and O–H groups in total. The highest BCUT2D eigenvalue weighted by Crippen LogP contribution is 2.14. The van der Waals surface area contributed by atoms with Crippen molar-refractivity contribution in [3.05, 3.63) is 22.2 Å². The maximum Gasteiger partial charge on any atom is 0.0798 e. The predicted molar refractivity (Wildman–Crippen MR) is 68.1 cm³/mol. The van der Waals surface area contributed by atoms with Crippen molar-refractivity contribution in [3.8, 4) is 0 Å². The normalized spacial score (nSPS) is 12.8. The molecule has 0 aromatic carbocycles. The fourth-order valence-electron chi connectivity index (χ4n) is 1.23. The summed E-state index contributed by atoms with van der Waals surface area (Å²) in [4.78, 5) is 4.28. The van der Waals surface area contributed by atoms with Gasteiger partial charge in [0, 0.05) is 18.0 Å². The van der Waals surface area contributed by atoms with Crippen LogP contribution in [-0.2, 0) is 0 Å². The largest absolute Gasteiger partial charge is 0.311 e. The van der Waals surface area contributed by atoms with Crippen LogP contribution in [0, 0.1) is 5.92 Å². The van der Waals surface area contributed by atoms with Crippen LogP contribution in [0.4, 0.5) is 0 Å². The third kappa shape index (κ3) is 4.58. The van der Waals surface area contributed by atoms with Gasteiger partial charge in [-0.2, -0.15) is 0 Å². The summed E-state index contributed by atoms with van der Waals surface area (Å²) < 4.78 is 0. The Morgan fingerprint density at radius 3 is 2.67 bits per heavy atom. The van der Waals surface area contributed by atoms with Crippen LogP contribution in [-0.4, -0.2) is 17.6 Å². The Kier molecular flexibility index (Phi) is 4.99. The first-order chi connectivity index (χ1) is 7.09. The van der Waals surface area contributed by atoms with Crippen molar-refractivity contribution in [2.24, 2.45) is 5.92 Å². The third-order valence-corrected chi connectivity index (χ3v) is 2.85. The Morgan fingerprint density at radius 2 is 2.20 bits per heavy atom. The molecular weight excluding hydrogens is 204 g/mol. The van der Waals surface area contributed by atoms with E-state index in [1.165, 1.54) is 5.57 Å². The van der Waals surface area contributed by atoms with Crippen molar-refractivity contribution in [2.45, 2.75) is 33.7 Å². The number of nitrogens with one attached hydrogen (secondary N) is 1. The van der Waals surface area contributed by atoms with Gasteiger partial charge in [0.05, 0.1) is 11.2 Å². The minimum atomic E-state index is 0.530. The summed E-state index contributed by atoms with van der Waals surface area (Å²) in [6, 6.07) is 0.530. The number of hydrogen-bond acceptors (Lipinski definition) is 3. The first-order valence-electron chi connectivity index (χ1n) is 5.41. The molecule has 0 radical (unpaired) electrons. The summed E-state index contributed by atoms with van der Waals surface area (Å²) in [5.41, 5.74) is 4.36. The Bertz CT molecular complexity index is 299. The molecule has 0 aliphatic heterocycles. The van der Waals surface area contributed by atoms with Gasteiger partial charge in [0.1, 0.15) is 0 Å². The molecule has 0 aliphatic rings. The Labute approximate surface area is 96.4 Å². The fourth-order valence-corrected chi connectivity index (χ4v) is 1.74. The minimum absolute atomic E-state index is 0.530. The molecule has 0 amide bonds. The molecule has 0 aliphatic carbocycles. The molecule has 0 fully saturated rings. The van der Waals surface area contributed by atoms with Crippen molar-refractivity contribution < 1.29 is 0 Å². The molecule has 1 heterocycles. The first kappa shape index (κ1) is 12.4. The van der Waals surface area contributed by atoms with E-state index in [9.17, 15) is 0 Å². The summed E-state index contributed by atoms with van der Waals surface area (Å²) >= 11 is 1.64. The van der Waals surface area contributed by atoms with E-state index in [1.807, 2.05) is 5.51 Å². The highest BCUT2D eigenvalue weighted by atomic mass is 32.1. The standard InChI is InChI=1S/C12H20N2S/c1-9(2)11(6-13-10(3)4)5-12-7-15-8-14-12/h5,7-10,13H,6H2,1-4H3. The van der Waals surface area contributed by atoms with Crippen molar-refractivity contribution in [1.29, 1.82) is 0 Å². The van der Waals surface area contributed by atoms with E-state index in [2.05, 4.69) is 49.5 Å². The third-order valence-electron chi connectivity index (χ3n) is 2.24. The zero-order chi connectivity index (χ0) is 11.3. The molecule has 1 aromatic rings. The second-order valence-corrected chi connectivity index (χ2v) is 5.04. The second-order valence-electron chi connectivity index (χ2n) is 4.32. The molecule has 84 valence electrons. The lowest BCUT2D eigenvalue weighted by molar-refractivity contribution is 0.593. The van der Waals surface area contributed by atoms with Crippen LogP contribution in [0.1, 0.15) is 33.4 Å². The van der Waals surface area contributed by atoms with Gasteiger partial charge in [0.25, 0.3) is 0 Å². The molecule has 15 heavy (non-hydrogen) atoms. The van der Waals surface area contributed by atoms with Gasteiger partial charge in [0.2, 0.25) is 0 Å². The van der Waals surface area contributed by atoms with Crippen LogP contribution in [0.15, 0.2) is 16.5 Å². The molecule has 0 saturated carbocycles. The van der Waals surface area contributed by atoms with Crippen LogP contribution in [0.5, 0.6) is 0 Å². The molecule has 1 rings (SSSR count). The number of rotatable bonds is 5. The van der Waals surface area contributed by atoms with Crippen LogP contribution in [0.2, 0.25) is 0 Å². The summed E-state index contributed by atoms with van der Waals surface area (Å²) in [7, 11) is 0. The zero-order valence-electron chi connectivity index (χ0n) is 9.95. The Morgan fingerprint density at radius 1 is 1.47 bits per heavy atom. The Balaban J connectivity index is 2.65. The maximum atomic E-state index is 4.28. The highest BCUT2D eigenvalue weighted by Gasteiger charge is 2.04. The van der Waals surface area contributed by atoms with Gasteiger partial charge < -0.3 is 5.32 Å². The molecule has 0 unspecified atom stereocenters. The predicted octanol–water partition coefficient (Wildman–Crippen LogP) is 3.18. The molecule has 0 saturated heterocycles. The molecular formula is C12H20N2S. The van der Waals surface area contributed by atoms with Crippen LogP contribution >= 0.6 is 11.3 Å². The number of thiazole rings is 1. The SMILES string of the molecule is CC(C)NCC(=Cc1cscn1)C(C)C. The van der Waals surface area contributed by atoms with E-state index in [1.54, 1.807) is 11.3 Å². The van der Waals surface area contributed by atoms with Gasteiger partial charge in [0.15, 0.2) is 0 Å². The number of nitrogens with zero attached hydrogens (tertiary/aromatic N) is 1. The average Bonchev–Trinajstić information content (AvgIpc) is 2.63. The minimum Gasteiger partial charge on any atom is -0.311 e. The number of hydrogen-bond donors (Lipinski definition) is 1. The first-order valence-corrected chi connectivity index (χ1v) is 6.36. The molecule has 0 atom stereocenters. The van der Waals surface area contributed by atoms with Gasteiger partial charge >= 0.3 is 0 Å². The van der Waals surface area contributed by atoms with Gasteiger partial charge in [-0.1, -0.05) is 33.3 Å². The van der Waals surface area contributed by atoms with E-state index < -0.39 is 0 Å². The van der Waals surface area contributed by atoms with Crippen LogP contribution < -0.4 is 5.32 Å². The van der Waals surface area contributed by atoms with Gasteiger partial charge in [-0.3, -0.25) is 0 Å². The van der Waals surface area contributed by atoms with Gasteiger partial charge in [-0.25, -0.2) is 4.98 Å². The van der Waals surface area contributed by atoms with E-state index in [-0.39, 0.29) is 0 Å². The molecule has 0 bridgehead atoms. The monoisotopic (exact) mass is 224 g/mol. The molecule has 2 nitrogen and oxygen atoms in total. The molecule has 3 heteroatoms. The summed E-state index contributed by atoms with van der Waals surface area (Å²) in [5.74, 6) is 0.568. The topological polar surface area (TPSA) is 24.9 Å². The quantitative estimate of drug-likeness (QED) is 0.831. The highest BCUT2D eigenvalue weighted by molar-refractivity contribution is 7.07. The van der Waals surface area contributed by atoms with Crippen molar-refractivity contribution in [1.82, 2.24) is 10.3 Å². The summed E-state index contributed by atoms with van der Waals surface area (Å²) in [6.45, 7) is 9.73. The smallest absolute Gasteiger partial charge is 0.0798 e. The van der Waals surface area contributed by atoms with Gasteiger partial charge in [-0.15, -0.1) is 11.3 Å². The fraction of sp³-hybridized carbons (Fsp3) is 0.583. The van der Waals surface area contributed by atoms with E-state index >= 15 is 0 Å². The molecule has 1 aromatic heterocycles. The van der Waals surface area contributed by atoms with E-state index in [0.29, 0.717) is 12.0 Å². The van der Waals surface area contributed by atoms with Crippen molar-refractivity contribution in [2.75, 3.05) is 6.54 Å². The van der Waals surface area contributed by atoms with Crippen molar-refractivity contribution >= 4 is 17.4 Å². The van der Waals surface area contributed by atoms with Crippen molar-refractivity contribution in [3.63, 3.8) is 0 Å². The molecule has 0 spiro atoms. The second kappa shape index (κ2) is 6.03. The summed E-state index contributed by atoms with van der Waals surface area (Å²) in [5, 5.41) is 5.53. The zero-order valence-corrected chi connectivity index (χ0v) is 10.8. The van der Waals surface area contributed by atoms with E-state index in [4.69, 9.17) is 0 Å².